The molecule has 0 atom stereocenters. The zero-order valence-corrected chi connectivity index (χ0v) is 10.9. The van der Waals surface area contributed by atoms with Crippen LogP contribution in [-0.4, -0.2) is 11.5 Å². The van der Waals surface area contributed by atoms with E-state index >= 15 is 0 Å². The van der Waals surface area contributed by atoms with Gasteiger partial charge in [0.05, 0.1) is 11.5 Å². The predicted molar refractivity (Wildman–Crippen MR) is 78.1 cm³/mol. The van der Waals surface area contributed by atoms with Crippen molar-refractivity contribution in [2.75, 3.05) is 6.54 Å². The van der Waals surface area contributed by atoms with Gasteiger partial charge in [-0.3, -0.25) is 10.1 Å². The van der Waals surface area contributed by atoms with Crippen molar-refractivity contribution in [2.45, 2.75) is 6.54 Å². The summed E-state index contributed by atoms with van der Waals surface area (Å²) in [5.41, 5.74) is 1.76. The number of benzene rings is 2. The number of nitro benzene ring substituents is 1. The van der Waals surface area contributed by atoms with Gasteiger partial charge in [0.25, 0.3) is 5.69 Å². The second-order valence-corrected chi connectivity index (χ2v) is 4.16. The van der Waals surface area contributed by atoms with Crippen molar-refractivity contribution < 1.29 is 4.92 Å². The van der Waals surface area contributed by atoms with Crippen molar-refractivity contribution >= 4 is 5.69 Å². The van der Waals surface area contributed by atoms with E-state index in [1.54, 1.807) is 18.2 Å². The Labute approximate surface area is 117 Å². The minimum atomic E-state index is -0.368. The van der Waals surface area contributed by atoms with E-state index < -0.39 is 0 Å². The molecule has 2 aromatic rings. The number of nitrogens with one attached hydrogen (secondary N) is 1. The molecule has 0 amide bonds. The minimum Gasteiger partial charge on any atom is -0.302 e. The topological polar surface area (TPSA) is 55.2 Å². The molecule has 100 valence electrons. The fourth-order valence-corrected chi connectivity index (χ4v) is 1.77. The van der Waals surface area contributed by atoms with Gasteiger partial charge in [0, 0.05) is 23.7 Å². The first kappa shape index (κ1) is 13.8. The van der Waals surface area contributed by atoms with Gasteiger partial charge >= 0.3 is 0 Å². The first-order valence-electron chi connectivity index (χ1n) is 6.24. The van der Waals surface area contributed by atoms with Crippen molar-refractivity contribution in [3.8, 4) is 11.8 Å². The average Bonchev–Trinajstić information content (AvgIpc) is 2.48. The molecular weight excluding hydrogens is 252 g/mol. The number of para-hydroxylation sites is 1. The number of hydrogen-bond acceptors (Lipinski definition) is 3. The fourth-order valence-electron chi connectivity index (χ4n) is 1.77. The van der Waals surface area contributed by atoms with Crippen LogP contribution in [0.15, 0.2) is 54.6 Å². The van der Waals surface area contributed by atoms with Gasteiger partial charge in [0.1, 0.15) is 0 Å². The maximum Gasteiger partial charge on any atom is 0.273 e. The van der Waals surface area contributed by atoms with Crippen molar-refractivity contribution in [1.82, 2.24) is 5.32 Å². The standard InChI is InChI=1S/C16H14N2O2/c19-18(20)16-11-5-4-10-15(16)13-17-12-6-9-14-7-2-1-3-8-14/h1-5,7-8,10-11,17H,12-13H2. The molecule has 0 spiro atoms. The summed E-state index contributed by atoms with van der Waals surface area (Å²) in [7, 11) is 0. The monoisotopic (exact) mass is 266 g/mol. The maximum atomic E-state index is 10.8. The summed E-state index contributed by atoms with van der Waals surface area (Å²) in [6.45, 7) is 0.918. The van der Waals surface area contributed by atoms with Gasteiger partial charge in [-0.25, -0.2) is 0 Å². The fraction of sp³-hybridized carbons (Fsp3) is 0.125. The first-order valence-corrected chi connectivity index (χ1v) is 6.24. The summed E-state index contributed by atoms with van der Waals surface area (Å²) in [6, 6.07) is 16.4. The van der Waals surface area contributed by atoms with Gasteiger partial charge in [-0.05, 0) is 12.1 Å². The lowest BCUT2D eigenvalue weighted by molar-refractivity contribution is -0.385. The smallest absolute Gasteiger partial charge is 0.273 e. The Morgan fingerprint density at radius 3 is 2.50 bits per heavy atom. The van der Waals surface area contributed by atoms with Crippen LogP contribution >= 0.6 is 0 Å². The Hall–Kier alpha value is -2.64. The second kappa shape index (κ2) is 7.07. The third kappa shape index (κ3) is 3.94. The Morgan fingerprint density at radius 1 is 1.05 bits per heavy atom. The van der Waals surface area contributed by atoms with Gasteiger partial charge in [-0.1, -0.05) is 48.2 Å². The SMILES string of the molecule is O=[N+]([O-])c1ccccc1CNCC#Cc1ccccc1. The van der Waals surface area contributed by atoms with E-state index in [1.165, 1.54) is 6.07 Å². The van der Waals surface area contributed by atoms with Crippen LogP contribution in [0, 0.1) is 22.0 Å². The molecule has 0 saturated heterocycles. The van der Waals surface area contributed by atoms with Crippen molar-refractivity contribution in [3.05, 3.63) is 75.8 Å². The van der Waals surface area contributed by atoms with Crippen LogP contribution in [0.4, 0.5) is 5.69 Å². The number of rotatable bonds is 4. The van der Waals surface area contributed by atoms with Crippen LogP contribution < -0.4 is 5.32 Å². The van der Waals surface area contributed by atoms with Crippen molar-refractivity contribution in [3.63, 3.8) is 0 Å². The molecule has 20 heavy (non-hydrogen) atoms. The highest BCUT2D eigenvalue weighted by molar-refractivity contribution is 5.39. The zero-order chi connectivity index (χ0) is 14.2. The molecule has 0 fully saturated rings. The Morgan fingerprint density at radius 2 is 1.75 bits per heavy atom. The van der Waals surface area contributed by atoms with Crippen LogP contribution in [0.25, 0.3) is 0 Å². The van der Waals surface area contributed by atoms with Crippen LogP contribution in [-0.2, 0) is 6.54 Å². The van der Waals surface area contributed by atoms with Crippen molar-refractivity contribution in [1.29, 1.82) is 0 Å². The molecule has 2 rings (SSSR count). The van der Waals surface area contributed by atoms with E-state index in [1.807, 2.05) is 30.3 Å². The lowest BCUT2D eigenvalue weighted by Crippen LogP contribution is -2.14. The number of hydrogen-bond donors (Lipinski definition) is 1. The molecule has 4 heteroatoms. The second-order valence-electron chi connectivity index (χ2n) is 4.16. The first-order chi connectivity index (χ1) is 9.77. The molecule has 0 aliphatic heterocycles. The lowest BCUT2D eigenvalue weighted by atomic mass is 10.2. The summed E-state index contributed by atoms with van der Waals surface area (Å²) in [5.74, 6) is 6.01. The number of nitro groups is 1. The quantitative estimate of drug-likeness (QED) is 0.400. The molecule has 0 radical (unpaired) electrons. The van der Waals surface area contributed by atoms with Crippen molar-refractivity contribution in [2.24, 2.45) is 0 Å². The van der Waals surface area contributed by atoms with E-state index in [9.17, 15) is 10.1 Å². The van der Waals surface area contributed by atoms with Gasteiger partial charge in [-0.2, -0.15) is 0 Å². The van der Waals surface area contributed by atoms with E-state index in [0.29, 0.717) is 18.7 Å². The van der Waals surface area contributed by atoms with Crippen LogP contribution in [0.1, 0.15) is 11.1 Å². The molecule has 0 aliphatic rings. The maximum absolute atomic E-state index is 10.8. The summed E-state index contributed by atoms with van der Waals surface area (Å²) >= 11 is 0. The molecule has 1 N–H and O–H groups in total. The summed E-state index contributed by atoms with van der Waals surface area (Å²) in [5, 5.41) is 13.9. The summed E-state index contributed by atoms with van der Waals surface area (Å²) in [4.78, 5) is 10.5. The molecule has 4 nitrogen and oxygen atoms in total. The third-order valence-corrected chi connectivity index (χ3v) is 2.72. The summed E-state index contributed by atoms with van der Waals surface area (Å²) in [6.07, 6.45) is 0. The minimum absolute atomic E-state index is 0.135. The molecule has 0 aliphatic carbocycles. The predicted octanol–water partition coefficient (Wildman–Crippen LogP) is 2.74. The molecule has 2 aromatic carbocycles. The van der Waals surface area contributed by atoms with Gasteiger partial charge < -0.3 is 5.32 Å². The largest absolute Gasteiger partial charge is 0.302 e. The van der Waals surface area contributed by atoms with Crippen LogP contribution in [0.5, 0.6) is 0 Å². The molecule has 0 saturated carbocycles. The number of nitrogens with zero attached hydrogens (tertiary/aromatic N) is 1. The van der Waals surface area contributed by atoms with Gasteiger partial charge in [0.15, 0.2) is 0 Å². The van der Waals surface area contributed by atoms with Gasteiger partial charge in [0.2, 0.25) is 0 Å². The summed E-state index contributed by atoms with van der Waals surface area (Å²) < 4.78 is 0. The Kier molecular flexibility index (Phi) is 4.87. The zero-order valence-electron chi connectivity index (χ0n) is 10.9. The van der Waals surface area contributed by atoms with Gasteiger partial charge in [-0.15, -0.1) is 0 Å². The molecule has 0 heterocycles. The van der Waals surface area contributed by atoms with E-state index in [-0.39, 0.29) is 10.6 Å². The lowest BCUT2D eigenvalue weighted by Gasteiger charge is -2.02. The molecular formula is C16H14N2O2. The highest BCUT2D eigenvalue weighted by Gasteiger charge is 2.10. The van der Waals surface area contributed by atoms with E-state index in [0.717, 1.165) is 5.56 Å². The normalized spacial score (nSPS) is 9.60. The Bertz CT molecular complexity index is 642. The highest BCUT2D eigenvalue weighted by Crippen LogP contribution is 2.16. The average molecular weight is 266 g/mol. The molecule has 0 bridgehead atoms. The molecule has 0 aromatic heterocycles. The highest BCUT2D eigenvalue weighted by atomic mass is 16.6. The van der Waals surface area contributed by atoms with Crippen LogP contribution in [0.2, 0.25) is 0 Å². The Balaban J connectivity index is 1.88. The van der Waals surface area contributed by atoms with E-state index in [2.05, 4.69) is 17.2 Å². The van der Waals surface area contributed by atoms with E-state index in [4.69, 9.17) is 0 Å². The van der Waals surface area contributed by atoms with Crippen LogP contribution in [0.3, 0.4) is 0 Å². The molecule has 0 unspecified atom stereocenters. The third-order valence-electron chi connectivity index (χ3n) is 2.72.